The fourth-order valence-electron chi connectivity index (χ4n) is 2.49. The molecule has 0 saturated heterocycles. The van der Waals surface area contributed by atoms with E-state index in [0.29, 0.717) is 5.11 Å². The molecule has 2 N–H and O–H groups in total. The molecule has 2 aromatic carbocycles. The van der Waals surface area contributed by atoms with Gasteiger partial charge in [0.05, 0.1) is 6.04 Å². The molecular weight excluding hydrogens is 312 g/mol. The molecule has 0 aliphatic rings. The van der Waals surface area contributed by atoms with Crippen LogP contribution in [0.4, 0.5) is 0 Å². The molecule has 0 bridgehead atoms. The van der Waals surface area contributed by atoms with Gasteiger partial charge in [0.1, 0.15) is 0 Å². The van der Waals surface area contributed by atoms with E-state index >= 15 is 0 Å². The molecule has 0 spiro atoms. The lowest BCUT2D eigenvalue weighted by Crippen LogP contribution is -2.36. The third-order valence-electron chi connectivity index (χ3n) is 4.20. The molecular formula is C21H28N2S. The van der Waals surface area contributed by atoms with Crippen LogP contribution in [0.1, 0.15) is 56.0 Å². The van der Waals surface area contributed by atoms with Crippen molar-refractivity contribution in [3.8, 4) is 0 Å². The molecule has 2 aromatic rings. The van der Waals surface area contributed by atoms with E-state index in [9.17, 15) is 0 Å². The first-order chi connectivity index (χ1) is 11.3. The van der Waals surface area contributed by atoms with Crippen molar-refractivity contribution in [2.45, 2.75) is 52.6 Å². The normalized spacial score (nSPS) is 12.5. The van der Waals surface area contributed by atoms with Crippen LogP contribution in [0.5, 0.6) is 0 Å². The quantitative estimate of drug-likeness (QED) is 0.764. The van der Waals surface area contributed by atoms with E-state index in [4.69, 9.17) is 12.2 Å². The summed E-state index contributed by atoms with van der Waals surface area (Å²) < 4.78 is 0. The molecule has 2 rings (SSSR count). The highest BCUT2D eigenvalue weighted by atomic mass is 32.1. The molecule has 1 unspecified atom stereocenters. The summed E-state index contributed by atoms with van der Waals surface area (Å²) in [6, 6.07) is 17.4. The predicted molar refractivity (Wildman–Crippen MR) is 107 cm³/mol. The van der Waals surface area contributed by atoms with E-state index in [1.54, 1.807) is 0 Å². The maximum Gasteiger partial charge on any atom is 0.167 e. The Labute approximate surface area is 151 Å². The van der Waals surface area contributed by atoms with Gasteiger partial charge in [0.2, 0.25) is 0 Å². The molecule has 0 amide bonds. The molecule has 2 nitrogen and oxygen atoms in total. The molecule has 0 radical (unpaired) electrons. The van der Waals surface area contributed by atoms with Crippen molar-refractivity contribution in [2.24, 2.45) is 0 Å². The summed E-state index contributed by atoms with van der Waals surface area (Å²) in [6.07, 6.45) is 0. The second-order valence-corrected chi connectivity index (χ2v) is 7.81. The van der Waals surface area contributed by atoms with Gasteiger partial charge >= 0.3 is 0 Å². The zero-order valence-corrected chi connectivity index (χ0v) is 16.1. The van der Waals surface area contributed by atoms with Gasteiger partial charge in [0, 0.05) is 6.54 Å². The Kier molecular flexibility index (Phi) is 6.00. The molecule has 128 valence electrons. The molecule has 0 aliphatic heterocycles. The predicted octanol–water partition coefficient (Wildman–Crippen LogP) is 5.02. The van der Waals surface area contributed by atoms with Crippen molar-refractivity contribution in [1.29, 1.82) is 0 Å². The standard InChI is InChI=1S/C21H28N2S/c1-15-6-10-18(11-7-15)16(2)23-20(24)22-14-17-8-12-19(13-9-17)21(3,4)5/h6-13,16H,14H2,1-5H3,(H2,22,23,24). The smallest absolute Gasteiger partial charge is 0.167 e. The van der Waals surface area contributed by atoms with Crippen LogP contribution in [0.15, 0.2) is 48.5 Å². The van der Waals surface area contributed by atoms with Crippen LogP contribution < -0.4 is 10.6 Å². The first kappa shape index (κ1) is 18.5. The fraction of sp³-hybridized carbons (Fsp3) is 0.381. The molecule has 1 atom stereocenters. The van der Waals surface area contributed by atoms with Crippen LogP contribution in [0.25, 0.3) is 0 Å². The zero-order chi connectivity index (χ0) is 17.7. The van der Waals surface area contributed by atoms with Gasteiger partial charge < -0.3 is 10.6 Å². The molecule has 0 heterocycles. The summed E-state index contributed by atoms with van der Waals surface area (Å²) in [4.78, 5) is 0. The number of hydrogen-bond acceptors (Lipinski definition) is 1. The molecule has 0 fully saturated rings. The second kappa shape index (κ2) is 7.80. The number of aryl methyl sites for hydroxylation is 1. The van der Waals surface area contributed by atoms with Gasteiger partial charge in [-0.3, -0.25) is 0 Å². The van der Waals surface area contributed by atoms with Crippen LogP contribution >= 0.6 is 12.2 Å². The van der Waals surface area contributed by atoms with Gasteiger partial charge in [-0.2, -0.15) is 0 Å². The Morgan fingerprint density at radius 1 is 1.00 bits per heavy atom. The molecule has 3 heteroatoms. The van der Waals surface area contributed by atoms with E-state index < -0.39 is 0 Å². The number of benzene rings is 2. The van der Waals surface area contributed by atoms with Crippen molar-refractivity contribution in [3.05, 3.63) is 70.8 Å². The van der Waals surface area contributed by atoms with Gasteiger partial charge in [-0.15, -0.1) is 0 Å². The van der Waals surface area contributed by atoms with Gasteiger partial charge in [-0.05, 0) is 48.2 Å². The SMILES string of the molecule is Cc1ccc(C(C)NC(=S)NCc2ccc(C(C)(C)C)cc2)cc1. The lowest BCUT2D eigenvalue weighted by atomic mass is 9.87. The minimum absolute atomic E-state index is 0.187. The monoisotopic (exact) mass is 340 g/mol. The Morgan fingerprint density at radius 2 is 1.58 bits per heavy atom. The number of rotatable bonds is 4. The fourth-order valence-corrected chi connectivity index (χ4v) is 2.74. The summed E-state index contributed by atoms with van der Waals surface area (Å²) in [6.45, 7) is 11.6. The summed E-state index contributed by atoms with van der Waals surface area (Å²) in [5.41, 5.74) is 5.27. The van der Waals surface area contributed by atoms with E-state index in [2.05, 4.69) is 93.8 Å². The summed E-state index contributed by atoms with van der Waals surface area (Å²) in [7, 11) is 0. The summed E-state index contributed by atoms with van der Waals surface area (Å²) in [5, 5.41) is 7.31. The first-order valence-corrected chi connectivity index (χ1v) is 8.87. The van der Waals surface area contributed by atoms with Crippen molar-refractivity contribution < 1.29 is 0 Å². The van der Waals surface area contributed by atoms with E-state index in [1.165, 1.54) is 22.3 Å². The highest BCUT2D eigenvalue weighted by molar-refractivity contribution is 7.80. The highest BCUT2D eigenvalue weighted by Crippen LogP contribution is 2.22. The zero-order valence-electron chi connectivity index (χ0n) is 15.3. The third kappa shape index (κ3) is 5.34. The Bertz CT molecular complexity index is 666. The molecule has 24 heavy (non-hydrogen) atoms. The molecule has 0 aliphatic carbocycles. The molecule has 0 aromatic heterocycles. The summed E-state index contributed by atoms with van der Waals surface area (Å²) >= 11 is 5.42. The maximum absolute atomic E-state index is 5.42. The van der Waals surface area contributed by atoms with Gasteiger partial charge in [-0.1, -0.05) is 74.9 Å². The second-order valence-electron chi connectivity index (χ2n) is 7.41. The average molecular weight is 341 g/mol. The minimum Gasteiger partial charge on any atom is -0.359 e. The number of nitrogens with one attached hydrogen (secondary N) is 2. The Hall–Kier alpha value is -1.87. The third-order valence-corrected chi connectivity index (χ3v) is 4.46. The van der Waals surface area contributed by atoms with Crippen LogP contribution in [-0.2, 0) is 12.0 Å². The van der Waals surface area contributed by atoms with Crippen molar-refractivity contribution in [2.75, 3.05) is 0 Å². The Morgan fingerprint density at radius 3 is 2.12 bits per heavy atom. The summed E-state index contributed by atoms with van der Waals surface area (Å²) in [5.74, 6) is 0. The van der Waals surface area contributed by atoms with E-state index in [-0.39, 0.29) is 11.5 Å². The lowest BCUT2D eigenvalue weighted by molar-refractivity contribution is 0.590. The van der Waals surface area contributed by atoms with E-state index in [0.717, 1.165) is 6.54 Å². The highest BCUT2D eigenvalue weighted by Gasteiger charge is 2.13. The van der Waals surface area contributed by atoms with Gasteiger partial charge in [-0.25, -0.2) is 0 Å². The van der Waals surface area contributed by atoms with Crippen LogP contribution in [0.3, 0.4) is 0 Å². The van der Waals surface area contributed by atoms with Crippen LogP contribution in [-0.4, -0.2) is 5.11 Å². The van der Waals surface area contributed by atoms with Crippen LogP contribution in [0, 0.1) is 6.92 Å². The topological polar surface area (TPSA) is 24.1 Å². The average Bonchev–Trinajstić information content (AvgIpc) is 2.53. The van der Waals surface area contributed by atoms with E-state index in [1.807, 2.05) is 0 Å². The van der Waals surface area contributed by atoms with Gasteiger partial charge in [0.25, 0.3) is 0 Å². The van der Waals surface area contributed by atoms with Crippen molar-refractivity contribution in [3.63, 3.8) is 0 Å². The maximum atomic E-state index is 5.42. The largest absolute Gasteiger partial charge is 0.359 e. The minimum atomic E-state index is 0.187. The van der Waals surface area contributed by atoms with Gasteiger partial charge in [0.15, 0.2) is 5.11 Å². The van der Waals surface area contributed by atoms with Crippen LogP contribution in [0.2, 0.25) is 0 Å². The molecule has 0 saturated carbocycles. The van der Waals surface area contributed by atoms with Crippen molar-refractivity contribution in [1.82, 2.24) is 10.6 Å². The number of thiocarbonyl (C=S) groups is 1. The lowest BCUT2D eigenvalue weighted by Gasteiger charge is -2.20. The Balaban J connectivity index is 1.85. The first-order valence-electron chi connectivity index (χ1n) is 8.46. The van der Waals surface area contributed by atoms with Crippen molar-refractivity contribution >= 4 is 17.3 Å². The number of hydrogen-bond donors (Lipinski definition) is 2.